The van der Waals surface area contributed by atoms with Crippen LogP contribution in [-0.4, -0.2) is 42.3 Å². The fraction of sp³-hybridized carbons (Fsp3) is 0.769. The highest BCUT2D eigenvalue weighted by atomic mass is 32.2. The van der Waals surface area contributed by atoms with Crippen LogP contribution in [0.5, 0.6) is 0 Å². The molecule has 6 heteroatoms. The van der Waals surface area contributed by atoms with Gasteiger partial charge in [0.05, 0.1) is 5.25 Å². The fourth-order valence-corrected chi connectivity index (χ4v) is 3.95. The molecule has 1 aromatic heterocycles. The van der Waals surface area contributed by atoms with Crippen molar-refractivity contribution in [3.8, 4) is 0 Å². The maximum Gasteiger partial charge on any atom is 0.150 e. The van der Waals surface area contributed by atoms with Crippen molar-refractivity contribution in [3.63, 3.8) is 0 Å². The van der Waals surface area contributed by atoms with Gasteiger partial charge in [-0.15, -0.1) is 0 Å². The van der Waals surface area contributed by atoms with Gasteiger partial charge in [-0.3, -0.25) is 4.68 Å². The Hall–Kier alpha value is -0.880. The van der Waals surface area contributed by atoms with Crippen molar-refractivity contribution in [2.75, 3.05) is 12.8 Å². The van der Waals surface area contributed by atoms with E-state index in [-0.39, 0.29) is 5.25 Å². The molecule has 2 atom stereocenters. The summed E-state index contributed by atoms with van der Waals surface area (Å²) in [6.07, 6.45) is 7.74. The molecule has 1 aromatic rings. The van der Waals surface area contributed by atoms with Crippen LogP contribution in [0.3, 0.4) is 0 Å². The van der Waals surface area contributed by atoms with Crippen molar-refractivity contribution in [3.05, 3.63) is 18.0 Å². The molecule has 5 nitrogen and oxygen atoms in total. The first-order valence-corrected chi connectivity index (χ1v) is 8.81. The fourth-order valence-electron chi connectivity index (χ4n) is 2.77. The minimum Gasteiger partial charge on any atom is -0.314 e. The highest BCUT2D eigenvalue weighted by molar-refractivity contribution is 7.91. The van der Waals surface area contributed by atoms with E-state index in [9.17, 15) is 8.42 Å². The van der Waals surface area contributed by atoms with Gasteiger partial charge in [0.25, 0.3) is 0 Å². The predicted octanol–water partition coefficient (Wildman–Crippen LogP) is 0.908. The highest BCUT2D eigenvalue weighted by Crippen LogP contribution is 2.23. The normalized spacial score (nSPS) is 24.5. The van der Waals surface area contributed by atoms with Crippen molar-refractivity contribution in [1.29, 1.82) is 0 Å². The molecule has 1 saturated carbocycles. The van der Waals surface area contributed by atoms with Crippen molar-refractivity contribution in [2.24, 2.45) is 7.05 Å². The highest BCUT2D eigenvalue weighted by Gasteiger charge is 2.28. The van der Waals surface area contributed by atoms with Crippen LogP contribution in [0.15, 0.2) is 12.3 Å². The van der Waals surface area contributed by atoms with E-state index in [0.29, 0.717) is 6.04 Å². The zero-order chi connectivity index (χ0) is 13.9. The minimum atomic E-state index is -2.89. The van der Waals surface area contributed by atoms with Crippen molar-refractivity contribution in [1.82, 2.24) is 15.1 Å². The number of aromatic nitrogens is 2. The summed E-state index contributed by atoms with van der Waals surface area (Å²) in [7, 11) is -0.948. The zero-order valence-corrected chi connectivity index (χ0v) is 12.5. The molecule has 2 rings (SSSR count). The maximum atomic E-state index is 11.6. The molecular formula is C13H23N3O2S. The molecule has 108 valence electrons. The third-order valence-corrected chi connectivity index (χ3v) is 5.61. The molecule has 19 heavy (non-hydrogen) atoms. The molecule has 0 radical (unpaired) electrons. The van der Waals surface area contributed by atoms with E-state index < -0.39 is 9.84 Å². The third-order valence-electron chi connectivity index (χ3n) is 3.97. The lowest BCUT2D eigenvalue weighted by atomic mass is 9.95. The Labute approximate surface area is 115 Å². The lowest BCUT2D eigenvalue weighted by Crippen LogP contribution is -2.39. The summed E-state index contributed by atoms with van der Waals surface area (Å²) in [4.78, 5) is 0. The van der Waals surface area contributed by atoms with Gasteiger partial charge in [-0.25, -0.2) is 8.42 Å². The summed E-state index contributed by atoms with van der Waals surface area (Å²) in [6, 6.07) is 2.35. The SMILES string of the molecule is Cn1nccc1CCNC1CCCC(S(C)(=O)=O)C1. The van der Waals surface area contributed by atoms with Gasteiger partial charge < -0.3 is 5.32 Å². The Balaban J connectivity index is 1.79. The van der Waals surface area contributed by atoms with E-state index in [1.165, 1.54) is 11.9 Å². The number of hydrogen-bond donors (Lipinski definition) is 1. The van der Waals surface area contributed by atoms with Gasteiger partial charge in [0, 0.05) is 44.2 Å². The number of sulfone groups is 1. The lowest BCUT2D eigenvalue weighted by Gasteiger charge is -2.28. The van der Waals surface area contributed by atoms with E-state index in [1.807, 2.05) is 17.8 Å². The molecule has 0 bridgehead atoms. The second-order valence-corrected chi connectivity index (χ2v) is 7.79. The largest absolute Gasteiger partial charge is 0.314 e. The van der Waals surface area contributed by atoms with Crippen LogP contribution >= 0.6 is 0 Å². The van der Waals surface area contributed by atoms with Gasteiger partial charge >= 0.3 is 0 Å². The maximum absolute atomic E-state index is 11.6. The summed E-state index contributed by atoms with van der Waals surface area (Å²) in [5, 5.41) is 7.46. The minimum absolute atomic E-state index is 0.157. The van der Waals surface area contributed by atoms with Crippen molar-refractivity contribution >= 4 is 9.84 Å². The Morgan fingerprint density at radius 2 is 2.26 bits per heavy atom. The Kier molecular flexibility index (Phi) is 4.62. The van der Waals surface area contributed by atoms with Crippen LogP contribution in [0.25, 0.3) is 0 Å². The van der Waals surface area contributed by atoms with Gasteiger partial charge in [-0.2, -0.15) is 5.10 Å². The second kappa shape index (κ2) is 6.05. The lowest BCUT2D eigenvalue weighted by molar-refractivity contribution is 0.373. The first-order chi connectivity index (χ1) is 8.97. The first-order valence-electron chi connectivity index (χ1n) is 6.86. The molecular weight excluding hydrogens is 262 g/mol. The molecule has 1 heterocycles. The topological polar surface area (TPSA) is 64.0 Å². The smallest absolute Gasteiger partial charge is 0.150 e. The van der Waals surface area contributed by atoms with Crippen LogP contribution < -0.4 is 5.32 Å². The van der Waals surface area contributed by atoms with Gasteiger partial charge in [-0.05, 0) is 25.3 Å². The molecule has 0 saturated heterocycles. The van der Waals surface area contributed by atoms with Crippen LogP contribution in [0.1, 0.15) is 31.4 Å². The summed E-state index contributed by atoms with van der Waals surface area (Å²) in [5.74, 6) is 0. The average Bonchev–Trinajstić information content (AvgIpc) is 2.75. The van der Waals surface area contributed by atoms with Crippen LogP contribution in [0.2, 0.25) is 0 Å². The predicted molar refractivity (Wildman–Crippen MR) is 75.8 cm³/mol. The molecule has 0 aromatic carbocycles. The van der Waals surface area contributed by atoms with E-state index in [1.54, 1.807) is 6.20 Å². The van der Waals surface area contributed by atoms with E-state index in [0.717, 1.165) is 38.6 Å². The average molecular weight is 285 g/mol. The van der Waals surface area contributed by atoms with Crippen LogP contribution in [-0.2, 0) is 23.3 Å². The Morgan fingerprint density at radius 1 is 1.47 bits per heavy atom. The first kappa shape index (κ1) is 14.5. The number of rotatable bonds is 5. The van der Waals surface area contributed by atoms with Crippen molar-refractivity contribution in [2.45, 2.75) is 43.4 Å². The Bertz CT molecular complexity index is 510. The van der Waals surface area contributed by atoms with Crippen LogP contribution in [0, 0.1) is 0 Å². The summed E-state index contributed by atoms with van der Waals surface area (Å²) in [5.41, 5.74) is 1.20. The number of aryl methyl sites for hydroxylation is 1. The number of hydrogen-bond acceptors (Lipinski definition) is 4. The number of nitrogens with zero attached hydrogens (tertiary/aromatic N) is 2. The quantitative estimate of drug-likeness (QED) is 0.873. The molecule has 0 spiro atoms. The second-order valence-electron chi connectivity index (χ2n) is 5.47. The summed E-state index contributed by atoms with van der Waals surface area (Å²) >= 11 is 0. The standard InChI is InChI=1S/C13H23N3O2S/c1-16-12(7-9-15-16)6-8-14-11-4-3-5-13(10-11)19(2,17)18/h7,9,11,13-14H,3-6,8,10H2,1-2H3. The molecule has 2 unspecified atom stereocenters. The molecule has 1 N–H and O–H groups in total. The molecule has 0 amide bonds. The van der Waals surface area contributed by atoms with Gasteiger partial charge in [-0.1, -0.05) is 6.42 Å². The summed E-state index contributed by atoms with van der Waals surface area (Å²) < 4.78 is 25.1. The zero-order valence-electron chi connectivity index (χ0n) is 11.7. The van der Waals surface area contributed by atoms with Gasteiger partial charge in [0.1, 0.15) is 9.84 Å². The molecule has 1 fully saturated rings. The molecule has 1 aliphatic carbocycles. The Morgan fingerprint density at radius 3 is 2.89 bits per heavy atom. The third kappa shape index (κ3) is 4.04. The summed E-state index contributed by atoms with van der Waals surface area (Å²) in [6.45, 7) is 0.876. The van der Waals surface area contributed by atoms with E-state index >= 15 is 0 Å². The number of nitrogens with one attached hydrogen (secondary N) is 1. The van der Waals surface area contributed by atoms with Crippen molar-refractivity contribution < 1.29 is 8.42 Å². The monoisotopic (exact) mass is 285 g/mol. The van der Waals surface area contributed by atoms with E-state index in [2.05, 4.69) is 10.4 Å². The molecule has 1 aliphatic rings. The van der Waals surface area contributed by atoms with E-state index in [4.69, 9.17) is 0 Å². The van der Waals surface area contributed by atoms with Gasteiger partial charge in [0.2, 0.25) is 0 Å². The van der Waals surface area contributed by atoms with Gasteiger partial charge in [0.15, 0.2) is 0 Å². The molecule has 0 aliphatic heterocycles. The van der Waals surface area contributed by atoms with Crippen LogP contribution in [0.4, 0.5) is 0 Å².